The van der Waals surface area contributed by atoms with Gasteiger partial charge in [-0.15, -0.1) is 0 Å². The number of aliphatic hydroxyl groups is 1. The van der Waals surface area contributed by atoms with E-state index in [9.17, 15) is 9.90 Å². The molecular weight excluding hydrogens is 444 g/mol. The molecule has 4 heterocycles. The van der Waals surface area contributed by atoms with E-state index in [1.807, 2.05) is 23.5 Å². The maximum absolute atomic E-state index is 13.7. The first kappa shape index (κ1) is 23.7. The Morgan fingerprint density at radius 2 is 1.77 bits per heavy atom. The molecule has 4 aliphatic heterocycles. The molecule has 0 aromatic heterocycles. The van der Waals surface area contributed by atoms with Crippen LogP contribution in [0.4, 0.5) is 0 Å². The third kappa shape index (κ3) is 4.60. The number of carbonyl (C=O) groups excluding carboxylic acids is 1. The van der Waals surface area contributed by atoms with Gasteiger partial charge in [-0.1, -0.05) is 0 Å². The number of ether oxygens (including phenoxy) is 4. The Bertz CT molecular complexity index is 587. The fourth-order valence-electron chi connectivity index (χ4n) is 5.47. The van der Waals surface area contributed by atoms with Gasteiger partial charge in [0.25, 0.3) is 0 Å². The molecule has 0 bridgehead atoms. The fourth-order valence-corrected chi connectivity index (χ4v) is 9.37. The van der Waals surface area contributed by atoms with Crippen molar-refractivity contribution in [2.75, 3.05) is 62.0 Å². The van der Waals surface area contributed by atoms with Crippen LogP contribution in [0.5, 0.6) is 0 Å². The van der Waals surface area contributed by atoms with Gasteiger partial charge in [0.2, 0.25) is 0 Å². The molecule has 0 aromatic rings. The molecule has 7 atom stereocenters. The topological polar surface area (TPSA) is 74.2 Å². The van der Waals surface area contributed by atoms with Gasteiger partial charge in [-0.2, -0.15) is 35.3 Å². The standard InChI is InChI=1S/C21H34O6S3/c1-24-17-3-7-28-9-13(17)20(25-2)15-11-30-10-14(18(15)22)19(23)16-12-29-8-4-21(16)26-5-6-27-21/h13-17,19-20,23H,3-12H2,1-2H3/t13-,14-,15-,16+,17-,19-,20-/m0/s1. The van der Waals surface area contributed by atoms with Crippen LogP contribution in [0.15, 0.2) is 0 Å². The minimum atomic E-state index is -0.754. The molecule has 0 saturated carbocycles. The molecule has 4 saturated heterocycles. The molecule has 0 amide bonds. The van der Waals surface area contributed by atoms with Crippen LogP contribution in [0.2, 0.25) is 0 Å². The molecular formula is C21H34O6S3. The molecule has 4 rings (SSSR count). The number of methoxy groups -OCH3 is 2. The SMILES string of the molecule is CO[C@@H]([C@H]1CSCC[C@@H]1OC)[C@H]1CSC[C@H]([C@H](O)[C@H]2CSCCC23OCCO3)C1=O. The van der Waals surface area contributed by atoms with Gasteiger partial charge < -0.3 is 24.1 Å². The Morgan fingerprint density at radius 3 is 2.50 bits per heavy atom. The van der Waals surface area contributed by atoms with E-state index in [0.29, 0.717) is 19.0 Å². The number of thioether (sulfide) groups is 3. The average Bonchev–Trinajstić information content (AvgIpc) is 3.24. The van der Waals surface area contributed by atoms with Crippen LogP contribution in [-0.2, 0) is 23.7 Å². The van der Waals surface area contributed by atoms with Crippen molar-refractivity contribution < 1.29 is 28.8 Å². The van der Waals surface area contributed by atoms with E-state index in [0.717, 1.165) is 41.6 Å². The van der Waals surface area contributed by atoms with Crippen LogP contribution in [0.1, 0.15) is 12.8 Å². The minimum absolute atomic E-state index is 0.123. The number of hydrogen-bond donors (Lipinski definition) is 1. The summed E-state index contributed by atoms with van der Waals surface area (Å²) in [6.45, 7) is 1.13. The first-order valence-electron chi connectivity index (χ1n) is 10.9. The number of aliphatic hydroxyl groups excluding tert-OH is 1. The molecule has 0 aliphatic carbocycles. The summed E-state index contributed by atoms with van der Waals surface area (Å²) in [6.07, 6.45) is 0.952. The minimum Gasteiger partial charge on any atom is -0.392 e. The number of hydrogen-bond acceptors (Lipinski definition) is 9. The zero-order valence-corrected chi connectivity index (χ0v) is 20.3. The smallest absolute Gasteiger partial charge is 0.175 e. The average molecular weight is 479 g/mol. The summed E-state index contributed by atoms with van der Waals surface area (Å²) in [5.74, 6) is 3.97. The molecule has 0 unspecified atom stereocenters. The van der Waals surface area contributed by atoms with Crippen molar-refractivity contribution in [1.82, 2.24) is 0 Å². The van der Waals surface area contributed by atoms with Crippen LogP contribution >= 0.6 is 35.3 Å². The van der Waals surface area contributed by atoms with Crippen molar-refractivity contribution in [3.63, 3.8) is 0 Å². The Labute approximate surface area is 192 Å². The van der Waals surface area contributed by atoms with Crippen LogP contribution in [-0.4, -0.2) is 96.9 Å². The highest BCUT2D eigenvalue weighted by atomic mass is 32.2. The predicted molar refractivity (Wildman–Crippen MR) is 122 cm³/mol. The quantitative estimate of drug-likeness (QED) is 0.618. The molecule has 0 aromatic carbocycles. The summed E-state index contributed by atoms with van der Waals surface area (Å²) in [4.78, 5) is 13.7. The molecule has 1 spiro atoms. The molecule has 172 valence electrons. The summed E-state index contributed by atoms with van der Waals surface area (Å²) >= 11 is 5.48. The van der Waals surface area contributed by atoms with E-state index in [2.05, 4.69) is 0 Å². The predicted octanol–water partition coefficient (Wildman–Crippen LogP) is 2.17. The zero-order valence-electron chi connectivity index (χ0n) is 17.8. The van der Waals surface area contributed by atoms with E-state index in [1.165, 1.54) is 0 Å². The lowest BCUT2D eigenvalue weighted by Crippen LogP contribution is -2.56. The van der Waals surface area contributed by atoms with Gasteiger partial charge in [-0.25, -0.2) is 0 Å². The van der Waals surface area contributed by atoms with Gasteiger partial charge in [0.1, 0.15) is 5.78 Å². The summed E-state index contributed by atoms with van der Waals surface area (Å²) < 4.78 is 23.7. The molecule has 1 N–H and O–H groups in total. The number of carbonyl (C=O) groups is 1. The van der Waals surface area contributed by atoms with Crippen molar-refractivity contribution in [2.45, 2.75) is 36.9 Å². The van der Waals surface area contributed by atoms with Crippen LogP contribution in [0.3, 0.4) is 0 Å². The number of Topliss-reactive ketones (excluding diaryl/α,β-unsaturated/α-hetero) is 1. The highest BCUT2D eigenvalue weighted by Gasteiger charge is 2.54. The van der Waals surface area contributed by atoms with Crippen molar-refractivity contribution in [3.05, 3.63) is 0 Å². The zero-order chi connectivity index (χ0) is 21.1. The lowest BCUT2D eigenvalue weighted by molar-refractivity contribution is -0.218. The fraction of sp³-hybridized carbons (Fsp3) is 0.952. The molecule has 0 radical (unpaired) electrons. The summed E-state index contributed by atoms with van der Waals surface area (Å²) in [7, 11) is 3.47. The molecule has 4 aliphatic rings. The lowest BCUT2D eigenvalue weighted by Gasteiger charge is -2.45. The second-order valence-corrected chi connectivity index (χ2v) is 12.0. The van der Waals surface area contributed by atoms with Crippen molar-refractivity contribution in [3.8, 4) is 0 Å². The van der Waals surface area contributed by atoms with Gasteiger partial charge in [0, 0.05) is 55.5 Å². The van der Waals surface area contributed by atoms with Crippen molar-refractivity contribution >= 4 is 41.1 Å². The van der Waals surface area contributed by atoms with Crippen molar-refractivity contribution in [1.29, 1.82) is 0 Å². The monoisotopic (exact) mass is 478 g/mol. The van der Waals surface area contributed by atoms with Crippen LogP contribution < -0.4 is 0 Å². The third-order valence-corrected chi connectivity index (χ3v) is 10.5. The second-order valence-electron chi connectivity index (χ2n) is 8.59. The first-order chi connectivity index (χ1) is 14.6. The number of ketones is 1. The highest BCUT2D eigenvalue weighted by Crippen LogP contribution is 2.45. The summed E-state index contributed by atoms with van der Waals surface area (Å²) in [5, 5.41) is 11.4. The molecule has 6 nitrogen and oxygen atoms in total. The van der Waals surface area contributed by atoms with Gasteiger partial charge in [-0.05, 0) is 17.9 Å². The Morgan fingerprint density at radius 1 is 1.03 bits per heavy atom. The molecule has 9 heteroatoms. The van der Waals surface area contributed by atoms with E-state index < -0.39 is 17.8 Å². The Kier molecular flexibility index (Phi) is 8.39. The summed E-state index contributed by atoms with van der Waals surface area (Å²) in [6, 6.07) is 0. The molecule has 4 fully saturated rings. The van der Waals surface area contributed by atoms with Gasteiger partial charge in [0.15, 0.2) is 5.79 Å². The van der Waals surface area contributed by atoms with E-state index in [1.54, 1.807) is 26.0 Å². The number of rotatable bonds is 6. The maximum atomic E-state index is 13.7. The third-order valence-electron chi connectivity index (χ3n) is 7.11. The maximum Gasteiger partial charge on any atom is 0.175 e. The Balaban J connectivity index is 1.50. The van der Waals surface area contributed by atoms with Gasteiger partial charge >= 0.3 is 0 Å². The van der Waals surface area contributed by atoms with E-state index in [-0.39, 0.29) is 35.7 Å². The largest absolute Gasteiger partial charge is 0.392 e. The Hall–Kier alpha value is 0.520. The second kappa shape index (κ2) is 10.6. The molecule has 30 heavy (non-hydrogen) atoms. The van der Waals surface area contributed by atoms with Crippen LogP contribution in [0, 0.1) is 23.7 Å². The van der Waals surface area contributed by atoms with Crippen molar-refractivity contribution in [2.24, 2.45) is 23.7 Å². The van der Waals surface area contributed by atoms with Gasteiger partial charge in [0.05, 0.1) is 43.4 Å². The van der Waals surface area contributed by atoms with Gasteiger partial charge in [-0.3, -0.25) is 4.79 Å². The van der Waals surface area contributed by atoms with E-state index >= 15 is 0 Å². The van der Waals surface area contributed by atoms with Crippen LogP contribution in [0.25, 0.3) is 0 Å². The first-order valence-corrected chi connectivity index (χ1v) is 14.4. The normalized spacial score (nSPS) is 39.2. The lowest BCUT2D eigenvalue weighted by atomic mass is 9.76. The summed E-state index contributed by atoms with van der Waals surface area (Å²) in [5.41, 5.74) is 0. The van der Waals surface area contributed by atoms with E-state index in [4.69, 9.17) is 18.9 Å². The highest BCUT2D eigenvalue weighted by molar-refractivity contribution is 7.99.